The zero-order chi connectivity index (χ0) is 26.8. The van der Waals surface area contributed by atoms with Crippen LogP contribution in [0.2, 0.25) is 0 Å². The van der Waals surface area contributed by atoms with Gasteiger partial charge >= 0.3 is 12.4 Å². The highest BCUT2D eigenvalue weighted by atomic mass is 19.4. The molecule has 1 aliphatic rings. The van der Waals surface area contributed by atoms with Crippen LogP contribution in [0.25, 0.3) is 0 Å². The molecule has 3 rings (SSSR count). The van der Waals surface area contributed by atoms with Gasteiger partial charge in [0.1, 0.15) is 17.5 Å². The third-order valence-corrected chi connectivity index (χ3v) is 5.88. The van der Waals surface area contributed by atoms with Crippen LogP contribution in [0.1, 0.15) is 54.3 Å². The quantitative estimate of drug-likeness (QED) is 0.489. The fourth-order valence-corrected chi connectivity index (χ4v) is 4.01. The fourth-order valence-electron chi connectivity index (χ4n) is 4.01. The topological polar surface area (TPSA) is 90.4 Å². The highest BCUT2D eigenvalue weighted by Crippen LogP contribution is 2.37. The molecule has 1 amide bonds. The Hall–Kier alpha value is -3.09. The first kappa shape index (κ1) is 27.5. The van der Waals surface area contributed by atoms with E-state index < -0.39 is 41.1 Å². The molecule has 1 aromatic heterocycles. The van der Waals surface area contributed by atoms with Crippen molar-refractivity contribution in [2.75, 3.05) is 24.3 Å². The molecule has 0 spiro atoms. The molecule has 1 saturated carbocycles. The monoisotopic (exact) mass is 519 g/mol. The lowest BCUT2D eigenvalue weighted by atomic mass is 9.90. The van der Waals surface area contributed by atoms with Gasteiger partial charge in [0, 0.05) is 32.2 Å². The fraction of sp³-hybridized carbons (Fsp3) is 0.522. The van der Waals surface area contributed by atoms with Crippen LogP contribution in [0, 0.1) is 6.92 Å². The van der Waals surface area contributed by atoms with Crippen LogP contribution in [-0.4, -0.2) is 47.2 Å². The summed E-state index contributed by atoms with van der Waals surface area (Å²) in [5.41, 5.74) is -3.97. The maximum atomic E-state index is 13.1. The Morgan fingerprint density at radius 3 is 1.97 bits per heavy atom. The maximum absolute atomic E-state index is 13.1. The van der Waals surface area contributed by atoms with Crippen molar-refractivity contribution in [1.82, 2.24) is 15.3 Å². The summed E-state index contributed by atoms with van der Waals surface area (Å²) in [5, 5.41) is 16.1. The van der Waals surface area contributed by atoms with Gasteiger partial charge in [0.2, 0.25) is 0 Å². The van der Waals surface area contributed by atoms with E-state index in [4.69, 9.17) is 0 Å². The predicted octanol–water partition coefficient (Wildman–Crippen LogP) is 4.46. The van der Waals surface area contributed by atoms with Crippen molar-refractivity contribution in [2.45, 2.75) is 63.1 Å². The summed E-state index contributed by atoms with van der Waals surface area (Å²) in [6.45, 7) is 1.78. The summed E-state index contributed by atoms with van der Waals surface area (Å²) < 4.78 is 78.5. The molecular weight excluding hydrogens is 492 g/mol. The van der Waals surface area contributed by atoms with Gasteiger partial charge in [0.05, 0.1) is 11.1 Å². The third-order valence-electron chi connectivity index (χ3n) is 5.88. The van der Waals surface area contributed by atoms with Gasteiger partial charge in [-0.3, -0.25) is 4.79 Å². The van der Waals surface area contributed by atoms with E-state index in [0.717, 1.165) is 5.82 Å². The number of aliphatic hydroxyl groups excluding tert-OH is 1. The summed E-state index contributed by atoms with van der Waals surface area (Å²) in [4.78, 5) is 23.0. The van der Waals surface area contributed by atoms with Crippen LogP contribution in [0.4, 0.5) is 38.0 Å². The Morgan fingerprint density at radius 2 is 1.47 bits per heavy atom. The van der Waals surface area contributed by atoms with E-state index in [1.165, 1.54) is 0 Å². The molecule has 0 bridgehead atoms. The molecule has 2 aromatic rings. The number of aryl methyl sites for hydroxylation is 1. The average molecular weight is 519 g/mol. The second-order valence-corrected chi connectivity index (χ2v) is 9.00. The average Bonchev–Trinajstić information content (AvgIpc) is 2.78. The Labute approximate surface area is 203 Å². The normalized spacial score (nSPS) is 19.5. The Bertz CT molecular complexity index is 1050. The number of nitrogens with one attached hydrogen (secondary N) is 2. The molecule has 0 saturated heterocycles. The number of halogens is 6. The van der Waals surface area contributed by atoms with E-state index in [0.29, 0.717) is 49.5 Å². The number of benzene rings is 1. The molecule has 1 aromatic carbocycles. The number of carbonyl (C=O) groups excluding carboxylic acids is 1. The molecule has 7 nitrogen and oxygen atoms in total. The van der Waals surface area contributed by atoms with Crippen molar-refractivity contribution >= 4 is 17.5 Å². The summed E-state index contributed by atoms with van der Waals surface area (Å²) in [7, 11) is 3.72. The number of aromatic nitrogens is 2. The zero-order valence-electron chi connectivity index (χ0n) is 19.8. The van der Waals surface area contributed by atoms with Crippen molar-refractivity contribution in [2.24, 2.45) is 0 Å². The van der Waals surface area contributed by atoms with Crippen molar-refractivity contribution in [3.05, 3.63) is 46.8 Å². The SMILES string of the molecule is Cc1nc(NC2CCC(NC(=O)C(O)c3cc(C(F)(F)F)cc(C(F)(F)F)c3)CC2)cc(N(C)C)n1. The van der Waals surface area contributed by atoms with Gasteiger partial charge in [-0.2, -0.15) is 26.3 Å². The van der Waals surface area contributed by atoms with Crippen LogP contribution in [-0.2, 0) is 17.1 Å². The van der Waals surface area contributed by atoms with E-state index in [2.05, 4.69) is 20.6 Å². The number of nitrogens with zero attached hydrogens (tertiary/aromatic N) is 3. The minimum Gasteiger partial charge on any atom is -0.378 e. The number of aliphatic hydroxyl groups is 1. The first-order valence-electron chi connectivity index (χ1n) is 11.2. The lowest BCUT2D eigenvalue weighted by Gasteiger charge is -2.30. The van der Waals surface area contributed by atoms with Crippen molar-refractivity contribution in [1.29, 1.82) is 0 Å². The molecule has 0 radical (unpaired) electrons. The number of hydrogen-bond acceptors (Lipinski definition) is 6. The number of rotatable bonds is 6. The van der Waals surface area contributed by atoms with E-state index in [9.17, 15) is 36.2 Å². The van der Waals surface area contributed by atoms with Crippen molar-refractivity contribution in [3.8, 4) is 0 Å². The molecule has 1 unspecified atom stereocenters. The van der Waals surface area contributed by atoms with Crippen LogP contribution < -0.4 is 15.5 Å². The number of anilines is 2. The largest absolute Gasteiger partial charge is 0.416 e. The zero-order valence-corrected chi connectivity index (χ0v) is 19.8. The molecule has 198 valence electrons. The minimum atomic E-state index is -5.08. The van der Waals surface area contributed by atoms with Gasteiger partial charge in [-0.05, 0) is 56.4 Å². The Balaban J connectivity index is 1.62. The number of hydrogen-bond donors (Lipinski definition) is 3. The van der Waals surface area contributed by atoms with Gasteiger partial charge in [-0.25, -0.2) is 9.97 Å². The Kier molecular flexibility index (Phi) is 8.01. The molecule has 0 aliphatic heterocycles. The van der Waals surface area contributed by atoms with Crippen LogP contribution in [0.15, 0.2) is 24.3 Å². The summed E-state index contributed by atoms with van der Waals surface area (Å²) in [5.74, 6) is 0.935. The molecular formula is C23H27F6N5O2. The lowest BCUT2D eigenvalue weighted by Crippen LogP contribution is -2.42. The number of alkyl halides is 6. The summed E-state index contributed by atoms with van der Waals surface area (Å²) >= 11 is 0. The highest BCUT2D eigenvalue weighted by molar-refractivity contribution is 5.82. The van der Waals surface area contributed by atoms with Gasteiger partial charge in [-0.1, -0.05) is 0 Å². The van der Waals surface area contributed by atoms with Gasteiger partial charge in [0.15, 0.2) is 6.10 Å². The van der Waals surface area contributed by atoms with E-state index in [1.807, 2.05) is 25.1 Å². The van der Waals surface area contributed by atoms with Gasteiger partial charge in [-0.15, -0.1) is 0 Å². The molecule has 1 heterocycles. The first-order chi connectivity index (χ1) is 16.6. The molecule has 13 heteroatoms. The molecule has 36 heavy (non-hydrogen) atoms. The van der Waals surface area contributed by atoms with E-state index in [1.54, 1.807) is 6.92 Å². The van der Waals surface area contributed by atoms with Crippen LogP contribution in [0.3, 0.4) is 0 Å². The first-order valence-corrected chi connectivity index (χ1v) is 11.2. The number of carbonyl (C=O) groups is 1. The third kappa shape index (κ3) is 6.99. The van der Waals surface area contributed by atoms with Crippen molar-refractivity contribution in [3.63, 3.8) is 0 Å². The second kappa shape index (κ2) is 10.5. The van der Waals surface area contributed by atoms with Crippen LogP contribution in [0.5, 0.6) is 0 Å². The van der Waals surface area contributed by atoms with E-state index >= 15 is 0 Å². The Morgan fingerprint density at radius 1 is 0.944 bits per heavy atom. The van der Waals surface area contributed by atoms with Gasteiger partial charge < -0.3 is 20.6 Å². The number of amides is 1. The van der Waals surface area contributed by atoms with Crippen LogP contribution >= 0.6 is 0 Å². The second-order valence-electron chi connectivity index (χ2n) is 9.00. The highest BCUT2D eigenvalue weighted by Gasteiger charge is 2.38. The molecule has 3 N–H and O–H groups in total. The molecule has 1 atom stereocenters. The van der Waals surface area contributed by atoms with Gasteiger partial charge in [0.25, 0.3) is 5.91 Å². The van der Waals surface area contributed by atoms with E-state index in [-0.39, 0.29) is 18.2 Å². The summed E-state index contributed by atoms with van der Waals surface area (Å²) in [6.07, 6.45) is -10.1. The standard InChI is InChI=1S/C23H27F6N5O2/c1-12-30-18(11-19(31-12)34(2)3)32-16-4-6-17(7-5-16)33-21(36)20(35)13-8-14(22(24,25)26)10-15(9-13)23(27,28)29/h8-11,16-17,20,35H,4-7H2,1-3H3,(H,33,36)(H,30,31,32). The predicted molar refractivity (Wildman–Crippen MR) is 120 cm³/mol. The molecule has 1 fully saturated rings. The lowest BCUT2D eigenvalue weighted by molar-refractivity contribution is -0.143. The smallest absolute Gasteiger partial charge is 0.378 e. The molecule has 1 aliphatic carbocycles. The summed E-state index contributed by atoms with van der Waals surface area (Å²) in [6, 6.07) is 2.12. The van der Waals surface area contributed by atoms with Crippen molar-refractivity contribution < 1.29 is 36.2 Å². The maximum Gasteiger partial charge on any atom is 0.416 e. The minimum absolute atomic E-state index is 0.0465.